The molecule has 0 saturated heterocycles. The lowest BCUT2D eigenvalue weighted by Gasteiger charge is -2.18. The molecule has 5 heteroatoms. The number of alkyl halides is 1. The fourth-order valence-corrected chi connectivity index (χ4v) is 1.35. The number of imidazole rings is 1. The molecular weight excluding hydrogens is 214 g/mol. The first-order valence-corrected chi connectivity index (χ1v) is 5.42. The van der Waals surface area contributed by atoms with E-state index in [1.54, 1.807) is 17.1 Å². The molecule has 2 atom stereocenters. The van der Waals surface area contributed by atoms with E-state index in [0.717, 1.165) is 0 Å². The molecule has 1 amide bonds. The van der Waals surface area contributed by atoms with E-state index < -0.39 is 0 Å². The molecule has 15 heavy (non-hydrogen) atoms. The summed E-state index contributed by atoms with van der Waals surface area (Å²) in [6.45, 7) is 3.93. The highest BCUT2D eigenvalue weighted by molar-refractivity contribution is 6.18. The summed E-state index contributed by atoms with van der Waals surface area (Å²) < 4.78 is 1.74. The van der Waals surface area contributed by atoms with Crippen molar-refractivity contribution in [2.45, 2.75) is 19.9 Å². The monoisotopic (exact) mass is 229 g/mol. The normalized spacial score (nSPS) is 14.7. The van der Waals surface area contributed by atoms with E-state index in [0.29, 0.717) is 11.6 Å². The Morgan fingerprint density at radius 1 is 1.67 bits per heavy atom. The second-order valence-electron chi connectivity index (χ2n) is 3.82. The molecule has 0 aliphatic carbocycles. The predicted molar refractivity (Wildman–Crippen MR) is 60.0 cm³/mol. The van der Waals surface area contributed by atoms with Gasteiger partial charge in [-0.05, 0) is 12.8 Å². The first-order valence-electron chi connectivity index (χ1n) is 4.89. The van der Waals surface area contributed by atoms with Gasteiger partial charge in [-0.1, -0.05) is 6.92 Å². The van der Waals surface area contributed by atoms with Gasteiger partial charge in [-0.25, -0.2) is 4.98 Å². The lowest BCUT2D eigenvalue weighted by Crippen LogP contribution is -2.37. The smallest absolute Gasteiger partial charge is 0.271 e. The average Bonchev–Trinajstić information content (AvgIpc) is 2.63. The van der Waals surface area contributed by atoms with Crippen molar-refractivity contribution in [3.8, 4) is 0 Å². The quantitative estimate of drug-likeness (QED) is 0.794. The minimum atomic E-state index is -0.153. The highest BCUT2D eigenvalue weighted by atomic mass is 35.5. The van der Waals surface area contributed by atoms with Crippen LogP contribution >= 0.6 is 11.6 Å². The van der Waals surface area contributed by atoms with Crippen LogP contribution in [0.5, 0.6) is 0 Å². The molecule has 1 aromatic heterocycles. The van der Waals surface area contributed by atoms with Crippen molar-refractivity contribution in [3.63, 3.8) is 0 Å². The maximum absolute atomic E-state index is 11.7. The number of carbonyl (C=O) groups excluding carboxylic acids is 1. The van der Waals surface area contributed by atoms with Gasteiger partial charge in [0.2, 0.25) is 0 Å². The van der Waals surface area contributed by atoms with Gasteiger partial charge in [0.15, 0.2) is 0 Å². The first-order chi connectivity index (χ1) is 7.04. The summed E-state index contributed by atoms with van der Waals surface area (Å²) in [5, 5.41) is 2.86. The van der Waals surface area contributed by atoms with E-state index in [-0.39, 0.29) is 17.9 Å². The zero-order chi connectivity index (χ0) is 11.4. The summed E-state index contributed by atoms with van der Waals surface area (Å²) >= 11 is 5.71. The number of amides is 1. The van der Waals surface area contributed by atoms with Crippen LogP contribution in [0.25, 0.3) is 0 Å². The summed E-state index contributed by atoms with van der Waals surface area (Å²) in [6, 6.07) is 0.0528. The maximum Gasteiger partial charge on any atom is 0.271 e. The first kappa shape index (κ1) is 12.0. The standard InChI is InChI=1S/C10H16ClN3O/c1-7(4-11)8(2)13-10(15)9-5-14(3)6-12-9/h5-8H,4H2,1-3H3,(H,13,15). The van der Waals surface area contributed by atoms with Crippen LogP contribution in [0.15, 0.2) is 12.5 Å². The van der Waals surface area contributed by atoms with Gasteiger partial charge in [-0.2, -0.15) is 0 Å². The molecule has 1 rings (SSSR count). The van der Waals surface area contributed by atoms with E-state index in [1.807, 2.05) is 20.9 Å². The number of nitrogens with zero attached hydrogens (tertiary/aromatic N) is 2. The van der Waals surface area contributed by atoms with Gasteiger partial charge in [-0.15, -0.1) is 11.6 Å². The van der Waals surface area contributed by atoms with Crippen molar-refractivity contribution in [2.75, 3.05) is 5.88 Å². The lowest BCUT2D eigenvalue weighted by molar-refractivity contribution is 0.0926. The number of hydrogen-bond acceptors (Lipinski definition) is 2. The van der Waals surface area contributed by atoms with Crippen LogP contribution in [0.4, 0.5) is 0 Å². The second kappa shape index (κ2) is 5.16. The van der Waals surface area contributed by atoms with Crippen molar-refractivity contribution in [1.82, 2.24) is 14.9 Å². The third-order valence-electron chi connectivity index (χ3n) is 2.39. The molecule has 1 heterocycles. The highest BCUT2D eigenvalue weighted by Gasteiger charge is 2.16. The van der Waals surface area contributed by atoms with Crippen molar-refractivity contribution in [1.29, 1.82) is 0 Å². The topological polar surface area (TPSA) is 46.9 Å². The number of halogens is 1. The molecule has 0 saturated carbocycles. The third kappa shape index (κ3) is 3.23. The SMILES string of the molecule is CC(CCl)C(C)NC(=O)c1cn(C)cn1. The molecule has 1 aromatic rings. The van der Waals surface area contributed by atoms with Crippen LogP contribution in [-0.4, -0.2) is 27.4 Å². The Kier molecular flexibility index (Phi) is 4.15. The third-order valence-corrected chi connectivity index (χ3v) is 2.88. The molecule has 0 aliphatic heterocycles. The molecule has 0 aromatic carbocycles. The molecule has 2 unspecified atom stereocenters. The largest absolute Gasteiger partial charge is 0.348 e. The minimum absolute atomic E-state index is 0.0528. The van der Waals surface area contributed by atoms with Crippen LogP contribution in [0.2, 0.25) is 0 Å². The van der Waals surface area contributed by atoms with Crippen LogP contribution in [0, 0.1) is 5.92 Å². The Balaban J connectivity index is 2.56. The summed E-state index contributed by atoms with van der Waals surface area (Å²) in [5.74, 6) is 0.628. The molecular formula is C10H16ClN3O. The Morgan fingerprint density at radius 2 is 2.33 bits per heavy atom. The van der Waals surface area contributed by atoms with E-state index in [4.69, 9.17) is 11.6 Å². The molecule has 0 fully saturated rings. The number of nitrogens with one attached hydrogen (secondary N) is 1. The van der Waals surface area contributed by atoms with Gasteiger partial charge < -0.3 is 9.88 Å². The van der Waals surface area contributed by atoms with Crippen molar-refractivity contribution in [3.05, 3.63) is 18.2 Å². The molecule has 0 bridgehead atoms. The van der Waals surface area contributed by atoms with Crippen LogP contribution < -0.4 is 5.32 Å². The van der Waals surface area contributed by atoms with Crippen LogP contribution in [0.3, 0.4) is 0 Å². The fourth-order valence-electron chi connectivity index (χ4n) is 1.09. The Labute approximate surface area is 94.6 Å². The zero-order valence-electron chi connectivity index (χ0n) is 9.20. The number of carbonyl (C=O) groups is 1. The zero-order valence-corrected chi connectivity index (χ0v) is 9.95. The summed E-state index contributed by atoms with van der Waals surface area (Å²) in [4.78, 5) is 15.6. The van der Waals surface area contributed by atoms with Gasteiger partial charge in [0.25, 0.3) is 5.91 Å². The lowest BCUT2D eigenvalue weighted by atomic mass is 10.1. The van der Waals surface area contributed by atoms with E-state index in [1.165, 1.54) is 0 Å². The van der Waals surface area contributed by atoms with Crippen LogP contribution in [0.1, 0.15) is 24.3 Å². The van der Waals surface area contributed by atoms with Gasteiger partial charge in [0.05, 0.1) is 6.33 Å². The number of aromatic nitrogens is 2. The minimum Gasteiger partial charge on any atom is -0.348 e. The molecule has 0 spiro atoms. The second-order valence-corrected chi connectivity index (χ2v) is 4.13. The molecule has 0 radical (unpaired) electrons. The predicted octanol–water partition coefficient (Wildman–Crippen LogP) is 1.41. The molecule has 0 aliphatic rings. The average molecular weight is 230 g/mol. The van der Waals surface area contributed by atoms with Crippen molar-refractivity contribution < 1.29 is 4.79 Å². The van der Waals surface area contributed by atoms with E-state index >= 15 is 0 Å². The fraction of sp³-hybridized carbons (Fsp3) is 0.600. The van der Waals surface area contributed by atoms with Crippen molar-refractivity contribution >= 4 is 17.5 Å². The molecule has 4 nitrogen and oxygen atoms in total. The van der Waals surface area contributed by atoms with Crippen LogP contribution in [-0.2, 0) is 7.05 Å². The van der Waals surface area contributed by atoms with Gasteiger partial charge in [0.1, 0.15) is 5.69 Å². The molecule has 1 N–H and O–H groups in total. The maximum atomic E-state index is 11.7. The highest BCUT2D eigenvalue weighted by Crippen LogP contribution is 2.05. The number of rotatable bonds is 4. The number of aryl methyl sites for hydroxylation is 1. The summed E-state index contributed by atoms with van der Waals surface area (Å²) in [6.07, 6.45) is 3.29. The number of hydrogen-bond donors (Lipinski definition) is 1. The van der Waals surface area contributed by atoms with E-state index in [2.05, 4.69) is 10.3 Å². The van der Waals surface area contributed by atoms with E-state index in [9.17, 15) is 4.79 Å². The summed E-state index contributed by atoms with van der Waals surface area (Å²) in [5.41, 5.74) is 0.436. The van der Waals surface area contributed by atoms with Gasteiger partial charge in [0, 0.05) is 25.2 Å². The Bertz CT molecular complexity index is 337. The Hall–Kier alpha value is -1.03. The molecule has 84 valence electrons. The Morgan fingerprint density at radius 3 is 2.80 bits per heavy atom. The van der Waals surface area contributed by atoms with Gasteiger partial charge in [-0.3, -0.25) is 4.79 Å². The van der Waals surface area contributed by atoms with Gasteiger partial charge >= 0.3 is 0 Å². The summed E-state index contributed by atoms with van der Waals surface area (Å²) in [7, 11) is 1.83. The van der Waals surface area contributed by atoms with Crippen molar-refractivity contribution in [2.24, 2.45) is 13.0 Å².